The molecule has 2 N–H and O–H groups in total. The molecule has 2 fully saturated rings. The zero-order chi connectivity index (χ0) is 20.1. The first kappa shape index (κ1) is 18.6. The van der Waals surface area contributed by atoms with Gasteiger partial charge in [-0.25, -0.2) is 15.0 Å². The molecule has 4 atom stereocenters. The molecule has 30 heavy (non-hydrogen) atoms. The summed E-state index contributed by atoms with van der Waals surface area (Å²) in [6.45, 7) is 0.908. The van der Waals surface area contributed by atoms with Crippen molar-refractivity contribution in [3.05, 3.63) is 42.5 Å². The van der Waals surface area contributed by atoms with Crippen LogP contribution in [0.5, 0.6) is 5.75 Å². The van der Waals surface area contributed by atoms with Crippen LogP contribution in [0.3, 0.4) is 0 Å². The molecule has 0 saturated heterocycles. The van der Waals surface area contributed by atoms with Gasteiger partial charge in [0.2, 0.25) is 0 Å². The summed E-state index contributed by atoms with van der Waals surface area (Å²) < 4.78 is 12.8. The Balaban J connectivity index is 1.38. The van der Waals surface area contributed by atoms with Crippen molar-refractivity contribution in [3.63, 3.8) is 0 Å². The van der Waals surface area contributed by atoms with Crippen LogP contribution in [0.15, 0.2) is 41.9 Å². The van der Waals surface area contributed by atoms with Crippen molar-refractivity contribution in [2.24, 2.45) is 22.6 Å². The second-order valence-corrected chi connectivity index (χ2v) is 9.97. The van der Waals surface area contributed by atoms with Crippen molar-refractivity contribution in [2.75, 3.05) is 12.4 Å². The standard InChI is InChI=1S/C23H26N4O2S/c24-22-27-23(12-30-22)18-7-15(16-9-25-13-26-10-16)3-5-20(18)29-21-6-4-17(8-19(21)23)28-11-14-1-2-14/h3,5,7,9-10,13-14,17,19,21H,1-2,4,6,8,11-12H2,(H2,24,27)/t17?,19-,21?,23+/m0/s1. The number of aliphatic imine (C=N–C) groups is 1. The average Bonchev–Trinajstić information content (AvgIpc) is 3.54. The first-order valence-corrected chi connectivity index (χ1v) is 11.9. The zero-order valence-electron chi connectivity index (χ0n) is 16.9. The SMILES string of the molecule is NC1=N[C@]2(CS1)c1cc(-c3cncnc3)ccc1OC1CCC(OCC3CC3)C[C@@H]12. The Kier molecular flexibility index (Phi) is 4.49. The first-order chi connectivity index (χ1) is 14.7. The monoisotopic (exact) mass is 422 g/mol. The molecule has 2 aromatic rings. The molecule has 0 bridgehead atoms. The third kappa shape index (κ3) is 3.19. The molecule has 156 valence electrons. The van der Waals surface area contributed by atoms with E-state index in [1.165, 1.54) is 12.8 Å². The number of nitrogens with two attached hydrogens (primary N) is 1. The van der Waals surface area contributed by atoms with E-state index in [1.54, 1.807) is 18.1 Å². The van der Waals surface area contributed by atoms with Gasteiger partial charge in [0, 0.05) is 41.8 Å². The number of nitrogens with zero attached hydrogens (tertiary/aromatic N) is 3. The lowest BCUT2D eigenvalue weighted by Crippen LogP contribution is -2.51. The molecule has 2 aliphatic carbocycles. The van der Waals surface area contributed by atoms with Gasteiger partial charge >= 0.3 is 0 Å². The molecule has 3 heterocycles. The Morgan fingerprint density at radius 2 is 2.00 bits per heavy atom. The van der Waals surface area contributed by atoms with Gasteiger partial charge < -0.3 is 15.2 Å². The van der Waals surface area contributed by atoms with Crippen molar-refractivity contribution in [3.8, 4) is 16.9 Å². The summed E-state index contributed by atoms with van der Waals surface area (Å²) in [6, 6.07) is 6.38. The van der Waals surface area contributed by atoms with Crippen LogP contribution in [0.1, 0.15) is 37.7 Å². The quantitative estimate of drug-likeness (QED) is 0.808. The van der Waals surface area contributed by atoms with Gasteiger partial charge in [-0.1, -0.05) is 17.8 Å². The lowest BCUT2D eigenvalue weighted by molar-refractivity contribution is -0.0564. The van der Waals surface area contributed by atoms with Crippen molar-refractivity contribution >= 4 is 16.9 Å². The van der Waals surface area contributed by atoms with Gasteiger partial charge in [-0.15, -0.1) is 0 Å². The number of aromatic nitrogens is 2. The predicted molar refractivity (Wildman–Crippen MR) is 117 cm³/mol. The Bertz CT molecular complexity index is 980. The Labute approximate surface area is 180 Å². The van der Waals surface area contributed by atoms with Crippen LogP contribution in [0.25, 0.3) is 11.1 Å². The molecule has 4 aliphatic rings. The molecule has 7 heteroatoms. The summed E-state index contributed by atoms with van der Waals surface area (Å²) in [4.78, 5) is 13.4. The summed E-state index contributed by atoms with van der Waals surface area (Å²) in [5, 5.41) is 0.677. The molecule has 2 unspecified atom stereocenters. The number of thioether (sulfide) groups is 1. The van der Waals surface area contributed by atoms with Crippen LogP contribution in [0.4, 0.5) is 0 Å². The summed E-state index contributed by atoms with van der Waals surface area (Å²) in [7, 11) is 0. The highest BCUT2D eigenvalue weighted by Gasteiger charge is 2.54. The van der Waals surface area contributed by atoms with E-state index in [0.29, 0.717) is 11.3 Å². The first-order valence-electron chi connectivity index (χ1n) is 10.9. The normalized spacial score (nSPS) is 32.3. The highest BCUT2D eigenvalue weighted by atomic mass is 32.2. The van der Waals surface area contributed by atoms with Crippen molar-refractivity contribution in [2.45, 2.75) is 49.9 Å². The van der Waals surface area contributed by atoms with Gasteiger partial charge in [0.25, 0.3) is 0 Å². The molecular formula is C23H26N4O2S. The second kappa shape index (κ2) is 7.24. The molecule has 0 amide bonds. The van der Waals surface area contributed by atoms with Crippen LogP contribution in [0.2, 0.25) is 0 Å². The number of amidine groups is 1. The van der Waals surface area contributed by atoms with E-state index in [-0.39, 0.29) is 17.6 Å². The van der Waals surface area contributed by atoms with E-state index in [2.05, 4.69) is 28.2 Å². The molecule has 0 radical (unpaired) electrons. The van der Waals surface area contributed by atoms with Crippen LogP contribution in [-0.2, 0) is 10.3 Å². The number of hydrogen-bond acceptors (Lipinski definition) is 7. The van der Waals surface area contributed by atoms with Gasteiger partial charge in [0.15, 0.2) is 5.17 Å². The van der Waals surface area contributed by atoms with E-state index < -0.39 is 0 Å². The largest absolute Gasteiger partial charge is 0.490 e. The Hall–Kier alpha value is -2.12. The molecule has 2 aliphatic heterocycles. The van der Waals surface area contributed by atoms with Crippen molar-refractivity contribution < 1.29 is 9.47 Å². The molecule has 1 aromatic carbocycles. The Morgan fingerprint density at radius 1 is 1.13 bits per heavy atom. The minimum absolute atomic E-state index is 0.166. The maximum absolute atomic E-state index is 6.53. The minimum atomic E-state index is -0.347. The summed E-state index contributed by atoms with van der Waals surface area (Å²) in [5.41, 5.74) is 9.10. The second-order valence-electron chi connectivity index (χ2n) is 8.98. The fourth-order valence-electron chi connectivity index (χ4n) is 5.19. The fraction of sp³-hybridized carbons (Fsp3) is 0.522. The van der Waals surface area contributed by atoms with Crippen molar-refractivity contribution in [1.82, 2.24) is 9.97 Å². The third-order valence-corrected chi connectivity index (χ3v) is 7.96. The number of benzene rings is 1. The molecule has 6 rings (SSSR count). The molecule has 1 aromatic heterocycles. The minimum Gasteiger partial charge on any atom is -0.490 e. The molecular weight excluding hydrogens is 396 g/mol. The zero-order valence-corrected chi connectivity index (χ0v) is 17.7. The van der Waals surface area contributed by atoms with E-state index in [4.69, 9.17) is 20.2 Å². The van der Waals surface area contributed by atoms with Crippen molar-refractivity contribution in [1.29, 1.82) is 0 Å². The number of fused-ring (bicyclic) bond motifs is 4. The highest BCUT2D eigenvalue weighted by Crippen LogP contribution is 2.55. The third-order valence-electron chi connectivity index (χ3n) is 6.98. The van der Waals surface area contributed by atoms with Gasteiger partial charge in [0.1, 0.15) is 23.7 Å². The highest BCUT2D eigenvalue weighted by molar-refractivity contribution is 8.14. The van der Waals surface area contributed by atoms with Gasteiger partial charge in [-0.3, -0.25) is 0 Å². The topological polar surface area (TPSA) is 82.6 Å². The van der Waals surface area contributed by atoms with Crippen LogP contribution in [0, 0.1) is 11.8 Å². The fourth-order valence-corrected chi connectivity index (χ4v) is 6.22. The van der Waals surface area contributed by atoms with E-state index in [1.807, 2.05) is 12.4 Å². The predicted octanol–water partition coefficient (Wildman–Crippen LogP) is 3.76. The molecule has 1 spiro atoms. The Morgan fingerprint density at radius 3 is 2.77 bits per heavy atom. The van der Waals surface area contributed by atoms with E-state index >= 15 is 0 Å². The van der Waals surface area contributed by atoms with Crippen LogP contribution >= 0.6 is 11.8 Å². The lowest BCUT2D eigenvalue weighted by atomic mass is 9.67. The van der Waals surface area contributed by atoms with Gasteiger partial charge in [-0.05, 0) is 55.7 Å². The maximum atomic E-state index is 6.53. The number of hydrogen-bond donors (Lipinski definition) is 1. The summed E-state index contributed by atoms with van der Waals surface area (Å²) in [5.74, 6) is 2.86. The molecule has 6 nitrogen and oxygen atoms in total. The van der Waals surface area contributed by atoms with E-state index in [0.717, 1.165) is 60.0 Å². The maximum Gasteiger partial charge on any atom is 0.154 e. The molecule has 2 saturated carbocycles. The number of rotatable bonds is 4. The van der Waals surface area contributed by atoms with Crippen LogP contribution in [-0.4, -0.2) is 39.7 Å². The van der Waals surface area contributed by atoms with Gasteiger partial charge in [-0.2, -0.15) is 0 Å². The summed E-state index contributed by atoms with van der Waals surface area (Å²) in [6.07, 6.45) is 11.4. The van der Waals surface area contributed by atoms with Gasteiger partial charge in [0.05, 0.1) is 6.10 Å². The average molecular weight is 423 g/mol. The number of ether oxygens (including phenoxy) is 2. The van der Waals surface area contributed by atoms with E-state index in [9.17, 15) is 0 Å². The van der Waals surface area contributed by atoms with Crippen LogP contribution < -0.4 is 10.5 Å². The smallest absolute Gasteiger partial charge is 0.154 e. The summed E-state index contributed by atoms with van der Waals surface area (Å²) >= 11 is 1.66. The lowest BCUT2D eigenvalue weighted by Gasteiger charge is -2.48.